The first-order valence-electron chi connectivity index (χ1n) is 8.27. The van der Waals surface area contributed by atoms with Crippen LogP contribution in [0.15, 0.2) is 42.9 Å². The monoisotopic (exact) mass is 393 g/mol. The normalized spacial score (nSPS) is 14.8. The molecule has 0 aliphatic carbocycles. The summed E-state index contributed by atoms with van der Waals surface area (Å²) < 4.78 is 42.0. The van der Waals surface area contributed by atoms with Gasteiger partial charge in [0.25, 0.3) is 5.91 Å². The molecule has 12 heteroatoms. The average molecular weight is 393 g/mol. The Hall–Kier alpha value is -3.44. The molecular weight excluding hydrogens is 379 g/mol. The second-order valence-corrected chi connectivity index (χ2v) is 6.19. The van der Waals surface area contributed by atoms with Gasteiger partial charge in [0.05, 0.1) is 24.6 Å². The summed E-state index contributed by atoms with van der Waals surface area (Å²) >= 11 is 0. The summed E-state index contributed by atoms with van der Waals surface area (Å²) in [5, 5.41) is 16.1. The van der Waals surface area contributed by atoms with E-state index in [1.807, 2.05) is 0 Å². The molecule has 4 rings (SSSR count). The number of halogens is 3. The van der Waals surface area contributed by atoms with E-state index in [4.69, 9.17) is 0 Å². The van der Waals surface area contributed by atoms with Crippen LogP contribution in [0.5, 0.6) is 5.75 Å². The molecule has 0 saturated carbocycles. The highest BCUT2D eigenvalue weighted by Crippen LogP contribution is 2.25. The molecule has 1 aromatic carbocycles. The number of carbonyl (C=O) groups is 1. The fourth-order valence-electron chi connectivity index (χ4n) is 2.80. The zero-order valence-electron chi connectivity index (χ0n) is 14.3. The predicted octanol–water partition coefficient (Wildman–Crippen LogP) is 1.51. The highest BCUT2D eigenvalue weighted by molar-refractivity contribution is 5.94. The van der Waals surface area contributed by atoms with Crippen molar-refractivity contribution < 1.29 is 22.7 Å². The van der Waals surface area contributed by atoms with E-state index in [0.29, 0.717) is 25.3 Å². The summed E-state index contributed by atoms with van der Waals surface area (Å²) in [6, 6.07) is 4.84. The van der Waals surface area contributed by atoms with Gasteiger partial charge < -0.3 is 9.64 Å². The Kier molecular flexibility index (Phi) is 4.45. The number of rotatable bonds is 5. The number of amides is 1. The molecule has 0 atom stereocenters. The summed E-state index contributed by atoms with van der Waals surface area (Å²) in [6.07, 6.45) is 0.155. The molecule has 0 N–H and O–H groups in total. The molecule has 1 fully saturated rings. The van der Waals surface area contributed by atoms with Crippen molar-refractivity contribution in [2.24, 2.45) is 0 Å². The summed E-state index contributed by atoms with van der Waals surface area (Å²) in [5.74, 6) is -0.636. The number of benzene rings is 1. The third kappa shape index (κ3) is 3.94. The van der Waals surface area contributed by atoms with E-state index in [9.17, 15) is 18.0 Å². The third-order valence-corrected chi connectivity index (χ3v) is 4.19. The average Bonchev–Trinajstić information content (AvgIpc) is 3.25. The molecule has 146 valence electrons. The number of ether oxygens (including phenoxy) is 1. The van der Waals surface area contributed by atoms with Crippen molar-refractivity contribution in [3.05, 3.63) is 54.1 Å². The summed E-state index contributed by atoms with van der Waals surface area (Å²) in [5.41, 5.74) is 0.984. The van der Waals surface area contributed by atoms with Crippen LogP contribution in [0.3, 0.4) is 0 Å². The Morgan fingerprint density at radius 3 is 2.46 bits per heavy atom. The van der Waals surface area contributed by atoms with Crippen LogP contribution in [0.1, 0.15) is 22.1 Å². The Morgan fingerprint density at radius 1 is 1.14 bits per heavy atom. The number of hydrogen-bond acceptors (Lipinski definition) is 6. The van der Waals surface area contributed by atoms with Crippen molar-refractivity contribution in [2.75, 3.05) is 13.1 Å². The van der Waals surface area contributed by atoms with Crippen LogP contribution < -0.4 is 4.74 Å². The highest BCUT2D eigenvalue weighted by Gasteiger charge is 2.34. The summed E-state index contributed by atoms with van der Waals surface area (Å²) in [4.78, 5) is 15.5. The zero-order valence-corrected chi connectivity index (χ0v) is 14.3. The van der Waals surface area contributed by atoms with Gasteiger partial charge in [-0.15, -0.1) is 18.3 Å². The molecular formula is C16H14F3N7O2. The van der Waals surface area contributed by atoms with Gasteiger partial charge in [-0.2, -0.15) is 15.0 Å². The predicted molar refractivity (Wildman–Crippen MR) is 87.2 cm³/mol. The van der Waals surface area contributed by atoms with E-state index in [-0.39, 0.29) is 23.3 Å². The van der Waals surface area contributed by atoms with Crippen LogP contribution in [0.2, 0.25) is 0 Å². The molecule has 9 nitrogen and oxygen atoms in total. The van der Waals surface area contributed by atoms with Gasteiger partial charge >= 0.3 is 6.36 Å². The molecule has 3 heterocycles. The van der Waals surface area contributed by atoms with Crippen molar-refractivity contribution >= 4 is 5.91 Å². The van der Waals surface area contributed by atoms with Gasteiger partial charge in [0.15, 0.2) is 0 Å². The summed E-state index contributed by atoms with van der Waals surface area (Å²) in [6.45, 7) is 1.26. The molecule has 1 aliphatic rings. The van der Waals surface area contributed by atoms with Crippen molar-refractivity contribution in [1.29, 1.82) is 0 Å². The van der Waals surface area contributed by atoms with Crippen LogP contribution in [0, 0.1) is 0 Å². The smallest absolute Gasteiger partial charge is 0.406 e. The fourth-order valence-corrected chi connectivity index (χ4v) is 2.80. The number of likely N-dealkylation sites (tertiary alicyclic amines) is 1. The first-order valence-corrected chi connectivity index (χ1v) is 8.27. The lowest BCUT2D eigenvalue weighted by molar-refractivity contribution is -0.274. The SMILES string of the molecule is O=C(c1ccc(OC(F)(F)F)cc1)N1CC(n2cc(Cn3nccn3)nn2)C1. The minimum absolute atomic E-state index is 0.0105. The fraction of sp³-hybridized carbons (Fsp3) is 0.312. The third-order valence-electron chi connectivity index (χ3n) is 4.19. The number of alkyl halides is 3. The van der Waals surface area contributed by atoms with E-state index in [1.165, 1.54) is 16.9 Å². The number of carbonyl (C=O) groups excluding carboxylic acids is 1. The molecule has 0 unspecified atom stereocenters. The van der Waals surface area contributed by atoms with Crippen molar-refractivity contribution in [1.82, 2.24) is 34.9 Å². The van der Waals surface area contributed by atoms with E-state index in [0.717, 1.165) is 12.1 Å². The van der Waals surface area contributed by atoms with E-state index in [1.54, 1.807) is 28.2 Å². The lowest BCUT2D eigenvalue weighted by Crippen LogP contribution is -2.50. The number of nitrogens with zero attached hydrogens (tertiary/aromatic N) is 7. The topological polar surface area (TPSA) is 91.0 Å². The van der Waals surface area contributed by atoms with Gasteiger partial charge in [-0.25, -0.2) is 4.68 Å². The zero-order chi connectivity index (χ0) is 19.7. The molecule has 0 radical (unpaired) electrons. The van der Waals surface area contributed by atoms with E-state index in [2.05, 4.69) is 25.2 Å². The number of hydrogen-bond donors (Lipinski definition) is 0. The van der Waals surface area contributed by atoms with Crippen LogP contribution >= 0.6 is 0 Å². The van der Waals surface area contributed by atoms with E-state index < -0.39 is 6.36 Å². The lowest BCUT2D eigenvalue weighted by Gasteiger charge is -2.38. The Balaban J connectivity index is 1.32. The van der Waals surface area contributed by atoms with Crippen molar-refractivity contribution in [2.45, 2.75) is 18.9 Å². The maximum absolute atomic E-state index is 12.4. The van der Waals surface area contributed by atoms with Gasteiger partial charge in [0.1, 0.15) is 18.0 Å². The molecule has 2 aromatic heterocycles. The van der Waals surface area contributed by atoms with Crippen LogP contribution in [-0.4, -0.2) is 60.2 Å². The van der Waals surface area contributed by atoms with Crippen LogP contribution in [-0.2, 0) is 6.54 Å². The first kappa shape index (κ1) is 17.9. The minimum Gasteiger partial charge on any atom is -0.406 e. The van der Waals surface area contributed by atoms with Crippen LogP contribution in [0.25, 0.3) is 0 Å². The Bertz CT molecular complexity index is 948. The number of aromatic nitrogens is 6. The Labute approximate surface area is 156 Å². The molecule has 0 spiro atoms. The molecule has 3 aromatic rings. The quantitative estimate of drug-likeness (QED) is 0.653. The van der Waals surface area contributed by atoms with Crippen molar-refractivity contribution in [3.63, 3.8) is 0 Å². The maximum Gasteiger partial charge on any atom is 0.573 e. The molecule has 28 heavy (non-hydrogen) atoms. The van der Waals surface area contributed by atoms with Gasteiger partial charge in [0.2, 0.25) is 0 Å². The molecule has 0 bridgehead atoms. The second-order valence-electron chi connectivity index (χ2n) is 6.19. The Morgan fingerprint density at radius 2 is 1.82 bits per heavy atom. The molecule has 1 aliphatic heterocycles. The summed E-state index contributed by atoms with van der Waals surface area (Å²) in [7, 11) is 0. The standard InChI is InChI=1S/C16H14F3N7O2/c17-16(18,19)28-14-3-1-11(2-4-14)15(27)24-9-13(10-24)25-7-12(22-23-25)8-26-20-5-6-21-26/h1-7,13H,8-10H2. The van der Waals surface area contributed by atoms with Crippen molar-refractivity contribution in [3.8, 4) is 5.75 Å². The highest BCUT2D eigenvalue weighted by atomic mass is 19.4. The van der Waals surface area contributed by atoms with Gasteiger partial charge in [-0.3, -0.25) is 4.79 Å². The largest absolute Gasteiger partial charge is 0.573 e. The lowest BCUT2D eigenvalue weighted by atomic mass is 10.1. The maximum atomic E-state index is 12.4. The molecule has 1 saturated heterocycles. The van der Waals surface area contributed by atoms with Gasteiger partial charge in [-0.1, -0.05) is 5.21 Å². The second kappa shape index (κ2) is 6.94. The van der Waals surface area contributed by atoms with E-state index >= 15 is 0 Å². The van der Waals surface area contributed by atoms with Crippen LogP contribution in [0.4, 0.5) is 13.2 Å². The minimum atomic E-state index is -4.76. The molecule has 1 amide bonds. The van der Waals surface area contributed by atoms with Gasteiger partial charge in [-0.05, 0) is 24.3 Å². The first-order chi connectivity index (χ1) is 13.4. The van der Waals surface area contributed by atoms with Gasteiger partial charge in [0, 0.05) is 18.7 Å².